The number of anilines is 1. The van der Waals surface area contributed by atoms with E-state index in [0.29, 0.717) is 5.56 Å². The summed E-state index contributed by atoms with van der Waals surface area (Å²) < 4.78 is 15.5. The molecule has 0 saturated heterocycles. The molecule has 146 valence electrons. The fraction of sp³-hybridized carbons (Fsp3) is 0.235. The van der Waals surface area contributed by atoms with E-state index in [0.717, 1.165) is 15.9 Å². The number of thiophene rings is 1. The SMILES string of the molecule is COC(=O)c1sc(NC(=O)Cn2c(=O)oc3cccnc32)c(C(=O)OC)c1C. The molecule has 0 aliphatic heterocycles. The van der Waals surface area contributed by atoms with Gasteiger partial charge in [-0.2, -0.15) is 0 Å². The molecule has 0 radical (unpaired) electrons. The van der Waals surface area contributed by atoms with Crippen LogP contribution in [0, 0.1) is 6.92 Å². The van der Waals surface area contributed by atoms with Crippen LogP contribution in [0.3, 0.4) is 0 Å². The molecule has 0 bridgehead atoms. The third kappa shape index (κ3) is 3.39. The largest absolute Gasteiger partial charge is 0.465 e. The van der Waals surface area contributed by atoms with Gasteiger partial charge in [-0.1, -0.05) is 0 Å². The van der Waals surface area contributed by atoms with E-state index in [1.165, 1.54) is 20.4 Å². The number of fused-ring (bicyclic) bond motifs is 1. The van der Waals surface area contributed by atoms with Crippen molar-refractivity contribution in [3.8, 4) is 0 Å². The molecule has 10 nitrogen and oxygen atoms in total. The van der Waals surface area contributed by atoms with Crippen molar-refractivity contribution in [3.05, 3.63) is 44.9 Å². The normalized spacial score (nSPS) is 10.7. The highest BCUT2D eigenvalue weighted by atomic mass is 32.1. The third-order valence-electron chi connectivity index (χ3n) is 3.89. The number of carbonyl (C=O) groups excluding carboxylic acids is 3. The molecule has 0 aliphatic rings. The number of methoxy groups -OCH3 is 2. The first-order valence-corrected chi connectivity index (χ1v) is 8.73. The van der Waals surface area contributed by atoms with E-state index in [4.69, 9.17) is 13.9 Å². The summed E-state index contributed by atoms with van der Waals surface area (Å²) in [4.78, 5) is 52.7. The van der Waals surface area contributed by atoms with E-state index in [9.17, 15) is 19.2 Å². The lowest BCUT2D eigenvalue weighted by Crippen LogP contribution is -2.25. The Morgan fingerprint density at radius 1 is 1.25 bits per heavy atom. The summed E-state index contributed by atoms with van der Waals surface area (Å²) in [7, 11) is 2.40. The number of hydrogen-bond donors (Lipinski definition) is 1. The molecular weight excluding hydrogens is 390 g/mol. The number of rotatable bonds is 5. The maximum absolute atomic E-state index is 12.5. The number of nitrogens with one attached hydrogen (secondary N) is 1. The lowest BCUT2D eigenvalue weighted by Gasteiger charge is -2.06. The molecule has 1 N–H and O–H groups in total. The smallest absolute Gasteiger partial charge is 0.421 e. The molecule has 0 aromatic carbocycles. The Labute approximate surface area is 161 Å². The molecule has 3 aromatic rings. The Balaban J connectivity index is 1.93. The molecule has 28 heavy (non-hydrogen) atoms. The fourth-order valence-corrected chi connectivity index (χ4v) is 3.72. The van der Waals surface area contributed by atoms with Crippen LogP contribution in [0.4, 0.5) is 5.00 Å². The van der Waals surface area contributed by atoms with Crippen LogP contribution < -0.4 is 11.1 Å². The maximum Gasteiger partial charge on any atom is 0.421 e. The lowest BCUT2D eigenvalue weighted by molar-refractivity contribution is -0.116. The van der Waals surface area contributed by atoms with Crippen molar-refractivity contribution in [2.45, 2.75) is 13.5 Å². The first-order chi connectivity index (χ1) is 13.4. The van der Waals surface area contributed by atoms with Crippen molar-refractivity contribution >= 4 is 45.4 Å². The van der Waals surface area contributed by atoms with Gasteiger partial charge in [0.15, 0.2) is 11.2 Å². The van der Waals surface area contributed by atoms with Crippen molar-refractivity contribution in [1.29, 1.82) is 0 Å². The molecular formula is C17H15N3O7S. The predicted molar refractivity (Wildman–Crippen MR) is 98.6 cm³/mol. The second-order valence-corrected chi connectivity index (χ2v) is 6.59. The van der Waals surface area contributed by atoms with Crippen LogP contribution in [-0.2, 0) is 20.8 Å². The van der Waals surface area contributed by atoms with Gasteiger partial charge in [0.1, 0.15) is 16.4 Å². The number of aromatic nitrogens is 2. The van der Waals surface area contributed by atoms with E-state index in [1.54, 1.807) is 19.1 Å². The zero-order valence-corrected chi connectivity index (χ0v) is 15.9. The van der Waals surface area contributed by atoms with Crippen LogP contribution in [0.5, 0.6) is 0 Å². The first-order valence-electron chi connectivity index (χ1n) is 7.91. The number of oxazole rings is 1. The Kier molecular flexibility index (Phi) is 5.27. The maximum atomic E-state index is 12.5. The molecule has 3 aromatic heterocycles. The highest BCUT2D eigenvalue weighted by Crippen LogP contribution is 2.34. The Morgan fingerprint density at radius 2 is 1.96 bits per heavy atom. The van der Waals surface area contributed by atoms with Gasteiger partial charge in [0.2, 0.25) is 5.91 Å². The number of pyridine rings is 1. The van der Waals surface area contributed by atoms with Gasteiger partial charge in [0, 0.05) is 6.20 Å². The van der Waals surface area contributed by atoms with Gasteiger partial charge in [-0.15, -0.1) is 11.3 Å². The van der Waals surface area contributed by atoms with Gasteiger partial charge >= 0.3 is 17.7 Å². The monoisotopic (exact) mass is 405 g/mol. The quantitative estimate of drug-likeness (QED) is 0.633. The van der Waals surface area contributed by atoms with E-state index in [1.807, 2.05) is 0 Å². The minimum Gasteiger partial charge on any atom is -0.465 e. The zero-order valence-electron chi connectivity index (χ0n) is 15.1. The number of ether oxygens (including phenoxy) is 2. The molecule has 0 saturated carbocycles. The van der Waals surface area contributed by atoms with Crippen molar-refractivity contribution in [2.75, 3.05) is 19.5 Å². The predicted octanol–water partition coefficient (Wildman–Crippen LogP) is 1.57. The van der Waals surface area contributed by atoms with Gasteiger partial charge in [-0.05, 0) is 24.6 Å². The standard InChI is InChI=1S/C17H15N3O7S/c1-8-11(15(22)25-2)14(28-12(8)16(23)26-3)19-10(21)7-20-13-9(27-17(20)24)5-4-6-18-13/h4-6H,7H2,1-3H3,(H,19,21). The van der Waals surface area contributed by atoms with E-state index >= 15 is 0 Å². The third-order valence-corrected chi connectivity index (χ3v) is 5.07. The summed E-state index contributed by atoms with van der Waals surface area (Å²) in [6.07, 6.45) is 1.46. The van der Waals surface area contributed by atoms with Crippen molar-refractivity contribution < 1.29 is 28.3 Å². The molecule has 0 spiro atoms. The van der Waals surface area contributed by atoms with E-state index in [-0.39, 0.29) is 26.7 Å². The minimum atomic E-state index is -0.741. The minimum absolute atomic E-state index is 0.0452. The highest BCUT2D eigenvalue weighted by Gasteiger charge is 2.27. The lowest BCUT2D eigenvalue weighted by atomic mass is 10.1. The average Bonchev–Trinajstić information content (AvgIpc) is 3.17. The van der Waals surface area contributed by atoms with Crippen molar-refractivity contribution in [1.82, 2.24) is 9.55 Å². The second-order valence-electron chi connectivity index (χ2n) is 5.57. The molecule has 0 fully saturated rings. The molecule has 11 heteroatoms. The molecule has 0 atom stereocenters. The van der Waals surface area contributed by atoms with Crippen LogP contribution in [0.15, 0.2) is 27.5 Å². The molecule has 3 heterocycles. The summed E-state index contributed by atoms with van der Waals surface area (Å²) in [5.41, 5.74) is 0.833. The summed E-state index contributed by atoms with van der Waals surface area (Å²) in [5, 5.41) is 2.65. The van der Waals surface area contributed by atoms with Gasteiger partial charge < -0.3 is 19.2 Å². The van der Waals surface area contributed by atoms with Crippen molar-refractivity contribution in [2.24, 2.45) is 0 Å². The second kappa shape index (κ2) is 7.64. The highest BCUT2D eigenvalue weighted by molar-refractivity contribution is 7.18. The van der Waals surface area contributed by atoms with Crippen LogP contribution in [0.2, 0.25) is 0 Å². The summed E-state index contributed by atoms with van der Waals surface area (Å²) >= 11 is 0.878. The van der Waals surface area contributed by atoms with Crippen LogP contribution in [0.25, 0.3) is 11.2 Å². The summed E-state index contributed by atoms with van der Waals surface area (Å²) in [5.74, 6) is -2.71. The molecule has 0 unspecified atom stereocenters. The Hall–Kier alpha value is -3.47. The van der Waals surface area contributed by atoms with Crippen LogP contribution in [0.1, 0.15) is 25.6 Å². The Morgan fingerprint density at radius 3 is 2.64 bits per heavy atom. The fourth-order valence-electron chi connectivity index (χ4n) is 2.59. The van der Waals surface area contributed by atoms with Crippen molar-refractivity contribution in [3.63, 3.8) is 0 Å². The Bertz CT molecular complexity index is 1140. The van der Waals surface area contributed by atoms with Gasteiger partial charge in [0.25, 0.3) is 0 Å². The summed E-state index contributed by atoms with van der Waals surface area (Å²) in [6.45, 7) is 1.15. The van der Waals surface area contributed by atoms with E-state index < -0.39 is 30.1 Å². The van der Waals surface area contributed by atoms with Gasteiger partial charge in [0.05, 0.1) is 19.8 Å². The summed E-state index contributed by atoms with van der Waals surface area (Å²) in [6, 6.07) is 3.15. The first kappa shape index (κ1) is 19.3. The number of carbonyl (C=O) groups is 3. The molecule has 1 amide bonds. The topological polar surface area (TPSA) is 130 Å². The van der Waals surface area contributed by atoms with Crippen LogP contribution in [-0.4, -0.2) is 41.6 Å². The number of hydrogen-bond acceptors (Lipinski definition) is 9. The zero-order chi connectivity index (χ0) is 20.4. The molecule has 3 rings (SSSR count). The van der Waals surface area contributed by atoms with Gasteiger partial charge in [-0.3, -0.25) is 4.79 Å². The van der Waals surface area contributed by atoms with E-state index in [2.05, 4.69) is 10.3 Å². The number of nitrogens with zero attached hydrogens (tertiary/aromatic N) is 2. The average molecular weight is 405 g/mol. The molecule has 0 aliphatic carbocycles. The number of esters is 2. The number of amides is 1. The van der Waals surface area contributed by atoms with Crippen LogP contribution >= 0.6 is 11.3 Å². The van der Waals surface area contributed by atoms with Gasteiger partial charge in [-0.25, -0.2) is 23.9 Å².